The number of rotatable bonds is 7. The van der Waals surface area contributed by atoms with Gasteiger partial charge in [0.05, 0.1) is 0 Å². The third-order valence-corrected chi connectivity index (χ3v) is 3.73. The normalized spacial score (nSPS) is 11.4. The van der Waals surface area contributed by atoms with E-state index in [2.05, 4.69) is 64.0 Å². The number of nitrogens with one attached hydrogen (secondary N) is 1. The zero-order valence-electron chi connectivity index (χ0n) is 13.3. The van der Waals surface area contributed by atoms with Gasteiger partial charge < -0.3 is 10.2 Å². The lowest BCUT2D eigenvalue weighted by Crippen LogP contribution is -2.31. The van der Waals surface area contributed by atoms with Gasteiger partial charge in [0.1, 0.15) is 5.82 Å². The molecule has 3 nitrogen and oxygen atoms in total. The fourth-order valence-corrected chi connectivity index (χ4v) is 2.30. The Hall–Kier alpha value is -1.09. The summed E-state index contributed by atoms with van der Waals surface area (Å²) in [4.78, 5) is 7.05. The molecule has 0 fully saturated rings. The Morgan fingerprint density at radius 2 is 1.84 bits per heavy atom. The van der Waals surface area contributed by atoms with Crippen LogP contribution in [-0.4, -0.2) is 24.1 Å². The van der Waals surface area contributed by atoms with Crippen LogP contribution in [0.25, 0.3) is 0 Å². The molecule has 0 aliphatic heterocycles. The Labute approximate surface area is 118 Å². The van der Waals surface area contributed by atoms with E-state index < -0.39 is 0 Å². The Bertz CT molecular complexity index is 384. The molecule has 3 heteroatoms. The summed E-state index contributed by atoms with van der Waals surface area (Å²) in [6.07, 6.45) is 2.31. The van der Waals surface area contributed by atoms with Crippen molar-refractivity contribution in [3.63, 3.8) is 0 Å². The lowest BCUT2D eigenvalue weighted by atomic mass is 10.1. The minimum atomic E-state index is 0.506. The second-order valence-electron chi connectivity index (χ2n) is 5.53. The third kappa shape index (κ3) is 4.50. The Kier molecular flexibility index (Phi) is 6.29. The van der Waals surface area contributed by atoms with Crippen molar-refractivity contribution in [2.24, 2.45) is 0 Å². The van der Waals surface area contributed by atoms with Gasteiger partial charge in [-0.15, -0.1) is 0 Å². The average molecular weight is 263 g/mol. The van der Waals surface area contributed by atoms with Gasteiger partial charge in [0.15, 0.2) is 0 Å². The molecule has 0 atom stereocenters. The molecule has 0 unspecified atom stereocenters. The van der Waals surface area contributed by atoms with Crippen molar-refractivity contribution < 1.29 is 0 Å². The first-order valence-electron chi connectivity index (χ1n) is 7.42. The van der Waals surface area contributed by atoms with Crippen molar-refractivity contribution in [2.45, 2.75) is 66.1 Å². The van der Waals surface area contributed by atoms with Crippen LogP contribution in [0, 0.1) is 6.92 Å². The standard InChI is InChI=1S/C16H29N3/c1-7-15(8-2)19(6)16-10-9-14(13(5)18-16)11-17-12(3)4/h9-10,12,15,17H,7-8,11H2,1-6H3. The van der Waals surface area contributed by atoms with Crippen LogP contribution in [0.15, 0.2) is 12.1 Å². The molecule has 19 heavy (non-hydrogen) atoms. The summed E-state index contributed by atoms with van der Waals surface area (Å²) in [6, 6.07) is 5.42. The molecule has 0 radical (unpaired) electrons. The number of hydrogen-bond donors (Lipinski definition) is 1. The number of aromatic nitrogens is 1. The molecule has 0 amide bonds. The van der Waals surface area contributed by atoms with Gasteiger partial charge in [0.25, 0.3) is 0 Å². The van der Waals surface area contributed by atoms with Gasteiger partial charge in [0, 0.05) is 31.4 Å². The van der Waals surface area contributed by atoms with Crippen LogP contribution >= 0.6 is 0 Å². The maximum atomic E-state index is 4.75. The minimum absolute atomic E-state index is 0.506. The molecular formula is C16H29N3. The summed E-state index contributed by atoms with van der Waals surface area (Å²) in [7, 11) is 2.14. The van der Waals surface area contributed by atoms with Crippen LogP contribution < -0.4 is 10.2 Å². The monoisotopic (exact) mass is 263 g/mol. The average Bonchev–Trinajstić information content (AvgIpc) is 2.38. The highest BCUT2D eigenvalue weighted by molar-refractivity contribution is 5.41. The van der Waals surface area contributed by atoms with Crippen molar-refractivity contribution in [1.82, 2.24) is 10.3 Å². The Balaban J connectivity index is 2.81. The zero-order valence-corrected chi connectivity index (χ0v) is 13.3. The lowest BCUT2D eigenvalue weighted by Gasteiger charge is -2.28. The summed E-state index contributed by atoms with van der Waals surface area (Å²) in [5.41, 5.74) is 2.42. The predicted molar refractivity (Wildman–Crippen MR) is 83.7 cm³/mol. The summed E-state index contributed by atoms with van der Waals surface area (Å²) in [5.74, 6) is 1.08. The van der Waals surface area contributed by atoms with Gasteiger partial charge in [-0.05, 0) is 31.4 Å². The first-order valence-corrected chi connectivity index (χ1v) is 7.42. The maximum absolute atomic E-state index is 4.75. The molecule has 0 saturated heterocycles. The van der Waals surface area contributed by atoms with E-state index in [1.807, 2.05) is 0 Å². The van der Waals surface area contributed by atoms with Crippen LogP contribution in [-0.2, 0) is 6.54 Å². The van der Waals surface area contributed by atoms with E-state index in [1.54, 1.807) is 0 Å². The Morgan fingerprint density at radius 1 is 1.21 bits per heavy atom. The molecular weight excluding hydrogens is 234 g/mol. The van der Waals surface area contributed by atoms with E-state index >= 15 is 0 Å². The van der Waals surface area contributed by atoms with E-state index in [4.69, 9.17) is 4.98 Å². The first-order chi connectivity index (χ1) is 8.99. The topological polar surface area (TPSA) is 28.2 Å². The van der Waals surface area contributed by atoms with Crippen molar-refractivity contribution in [2.75, 3.05) is 11.9 Å². The quantitative estimate of drug-likeness (QED) is 0.816. The molecule has 0 saturated carbocycles. The van der Waals surface area contributed by atoms with Crippen LogP contribution in [0.2, 0.25) is 0 Å². The molecule has 1 heterocycles. The molecule has 0 bridgehead atoms. The van der Waals surface area contributed by atoms with Crippen LogP contribution in [0.4, 0.5) is 5.82 Å². The summed E-state index contributed by atoms with van der Waals surface area (Å²) < 4.78 is 0. The van der Waals surface area contributed by atoms with E-state index in [-0.39, 0.29) is 0 Å². The number of nitrogens with zero attached hydrogens (tertiary/aromatic N) is 2. The van der Waals surface area contributed by atoms with Crippen molar-refractivity contribution in [1.29, 1.82) is 0 Å². The highest BCUT2D eigenvalue weighted by atomic mass is 15.2. The van der Waals surface area contributed by atoms with Crippen molar-refractivity contribution >= 4 is 5.82 Å². The zero-order chi connectivity index (χ0) is 14.4. The maximum Gasteiger partial charge on any atom is 0.128 e. The molecule has 1 N–H and O–H groups in total. The number of hydrogen-bond acceptors (Lipinski definition) is 3. The SMILES string of the molecule is CCC(CC)N(C)c1ccc(CNC(C)C)c(C)n1. The smallest absolute Gasteiger partial charge is 0.128 e. The van der Waals surface area contributed by atoms with Gasteiger partial charge in [-0.3, -0.25) is 0 Å². The fourth-order valence-electron chi connectivity index (χ4n) is 2.30. The van der Waals surface area contributed by atoms with E-state index in [0.717, 1.165) is 30.9 Å². The minimum Gasteiger partial charge on any atom is -0.357 e. The predicted octanol–water partition coefficient (Wildman–Crippen LogP) is 3.51. The summed E-state index contributed by atoms with van der Waals surface area (Å²) >= 11 is 0. The van der Waals surface area contributed by atoms with Crippen LogP contribution in [0.3, 0.4) is 0 Å². The highest BCUT2D eigenvalue weighted by Crippen LogP contribution is 2.18. The molecule has 1 aromatic rings. The second-order valence-corrected chi connectivity index (χ2v) is 5.53. The van der Waals surface area contributed by atoms with Gasteiger partial charge in [0.2, 0.25) is 0 Å². The molecule has 0 aliphatic carbocycles. The molecule has 1 rings (SSSR count). The van der Waals surface area contributed by atoms with Gasteiger partial charge in [-0.25, -0.2) is 4.98 Å². The molecule has 108 valence electrons. The van der Waals surface area contributed by atoms with Gasteiger partial charge in [-0.1, -0.05) is 33.8 Å². The van der Waals surface area contributed by atoms with E-state index in [0.29, 0.717) is 12.1 Å². The third-order valence-electron chi connectivity index (χ3n) is 3.73. The lowest BCUT2D eigenvalue weighted by molar-refractivity contribution is 0.580. The second kappa shape index (κ2) is 7.49. The molecule has 0 aromatic carbocycles. The van der Waals surface area contributed by atoms with Crippen LogP contribution in [0.1, 0.15) is 51.8 Å². The van der Waals surface area contributed by atoms with Gasteiger partial charge >= 0.3 is 0 Å². The largest absolute Gasteiger partial charge is 0.357 e. The molecule has 0 spiro atoms. The first kappa shape index (κ1) is 16.0. The number of aryl methyl sites for hydroxylation is 1. The van der Waals surface area contributed by atoms with Gasteiger partial charge in [-0.2, -0.15) is 0 Å². The summed E-state index contributed by atoms with van der Waals surface area (Å²) in [6.45, 7) is 11.8. The van der Waals surface area contributed by atoms with Crippen molar-refractivity contribution in [3.8, 4) is 0 Å². The van der Waals surface area contributed by atoms with E-state index in [1.165, 1.54) is 5.56 Å². The summed E-state index contributed by atoms with van der Waals surface area (Å²) in [5, 5.41) is 3.44. The van der Waals surface area contributed by atoms with Crippen LogP contribution in [0.5, 0.6) is 0 Å². The van der Waals surface area contributed by atoms with Crippen molar-refractivity contribution in [3.05, 3.63) is 23.4 Å². The highest BCUT2D eigenvalue weighted by Gasteiger charge is 2.13. The molecule has 0 aliphatic rings. The van der Waals surface area contributed by atoms with E-state index in [9.17, 15) is 0 Å². The number of pyridine rings is 1. The fraction of sp³-hybridized carbons (Fsp3) is 0.688. The molecule has 1 aromatic heterocycles. The number of anilines is 1. The Morgan fingerprint density at radius 3 is 2.32 bits per heavy atom.